The highest BCUT2D eigenvalue weighted by Gasteiger charge is 2.23. The molecule has 0 fully saturated rings. The van der Waals surface area contributed by atoms with E-state index in [9.17, 15) is 14.4 Å². The van der Waals surface area contributed by atoms with E-state index in [0.29, 0.717) is 16.4 Å². The lowest BCUT2D eigenvalue weighted by atomic mass is 10.1. The van der Waals surface area contributed by atoms with Gasteiger partial charge in [0, 0.05) is 11.2 Å². The van der Waals surface area contributed by atoms with Crippen LogP contribution >= 0.6 is 34.8 Å². The lowest BCUT2D eigenvalue weighted by molar-refractivity contribution is -0.116. The fourth-order valence-electron chi connectivity index (χ4n) is 2.90. The summed E-state index contributed by atoms with van der Waals surface area (Å²) in [6, 6.07) is 9.58. The Morgan fingerprint density at radius 1 is 1.06 bits per heavy atom. The number of ketones is 1. The molecule has 0 aliphatic rings. The zero-order chi connectivity index (χ0) is 22.7. The van der Waals surface area contributed by atoms with Crippen LogP contribution in [-0.4, -0.2) is 33.7 Å². The van der Waals surface area contributed by atoms with Crippen LogP contribution in [-0.2, 0) is 4.79 Å². The number of anilines is 1. The Labute approximate surface area is 193 Å². The van der Waals surface area contributed by atoms with Crippen molar-refractivity contribution in [1.82, 2.24) is 14.9 Å². The standard InChI is InChI=1S/C21H17Cl3N4O3/c1-11-7-13(22)8-14(20(30)26-10-12(2)29)18(11)27-21(31)16-9-15(23)19(24)28(16)17-5-3-4-6-25-17/h3-9H,10H2,1-2H3,(H,26,30)(H,27,31). The van der Waals surface area contributed by atoms with Crippen molar-refractivity contribution in [2.75, 3.05) is 11.9 Å². The van der Waals surface area contributed by atoms with E-state index >= 15 is 0 Å². The van der Waals surface area contributed by atoms with E-state index in [1.54, 1.807) is 37.4 Å². The molecule has 2 N–H and O–H groups in total. The number of nitrogens with zero attached hydrogens (tertiary/aromatic N) is 2. The quantitative estimate of drug-likeness (QED) is 0.535. The first-order valence-electron chi connectivity index (χ1n) is 9.06. The first-order valence-corrected chi connectivity index (χ1v) is 10.2. The van der Waals surface area contributed by atoms with E-state index in [2.05, 4.69) is 15.6 Å². The molecule has 0 spiro atoms. The highest BCUT2D eigenvalue weighted by molar-refractivity contribution is 6.42. The predicted octanol–water partition coefficient (Wildman–Crippen LogP) is 4.71. The molecule has 2 amide bonds. The van der Waals surface area contributed by atoms with Gasteiger partial charge in [-0.05, 0) is 49.7 Å². The number of benzene rings is 1. The van der Waals surface area contributed by atoms with Gasteiger partial charge in [0.1, 0.15) is 22.4 Å². The minimum Gasteiger partial charge on any atom is -0.345 e. The largest absolute Gasteiger partial charge is 0.345 e. The third-order valence-corrected chi connectivity index (χ3v) is 5.27. The number of nitrogens with one attached hydrogen (secondary N) is 2. The number of pyridine rings is 1. The van der Waals surface area contributed by atoms with Crippen LogP contribution in [0, 0.1) is 6.92 Å². The number of rotatable bonds is 6. The predicted molar refractivity (Wildman–Crippen MR) is 121 cm³/mol. The van der Waals surface area contributed by atoms with E-state index in [1.807, 2.05) is 0 Å². The summed E-state index contributed by atoms with van der Waals surface area (Å²) in [4.78, 5) is 41.2. The van der Waals surface area contributed by atoms with E-state index in [-0.39, 0.29) is 39.4 Å². The van der Waals surface area contributed by atoms with Crippen LogP contribution in [0.3, 0.4) is 0 Å². The van der Waals surface area contributed by atoms with Crippen molar-refractivity contribution in [3.05, 3.63) is 74.6 Å². The molecule has 0 saturated carbocycles. The number of carbonyl (C=O) groups is 3. The van der Waals surface area contributed by atoms with Crippen molar-refractivity contribution in [1.29, 1.82) is 0 Å². The molecule has 0 aliphatic heterocycles. The maximum atomic E-state index is 13.2. The summed E-state index contributed by atoms with van der Waals surface area (Å²) in [7, 11) is 0. The second kappa shape index (κ2) is 9.51. The van der Waals surface area contributed by atoms with Crippen LogP contribution in [0.15, 0.2) is 42.6 Å². The lowest BCUT2D eigenvalue weighted by Gasteiger charge is -2.15. The topological polar surface area (TPSA) is 93.1 Å². The number of aryl methyl sites for hydroxylation is 1. The van der Waals surface area contributed by atoms with Gasteiger partial charge in [-0.15, -0.1) is 0 Å². The summed E-state index contributed by atoms with van der Waals surface area (Å²) in [5.41, 5.74) is 1.05. The minimum atomic E-state index is -0.564. The first kappa shape index (κ1) is 22.8. The van der Waals surface area contributed by atoms with Gasteiger partial charge in [-0.3, -0.25) is 19.0 Å². The maximum Gasteiger partial charge on any atom is 0.272 e. The smallest absolute Gasteiger partial charge is 0.272 e. The second-order valence-corrected chi connectivity index (χ2v) is 7.88. The summed E-state index contributed by atoms with van der Waals surface area (Å²) in [6.45, 7) is 2.90. The zero-order valence-corrected chi connectivity index (χ0v) is 18.8. The lowest BCUT2D eigenvalue weighted by Crippen LogP contribution is -2.29. The summed E-state index contributed by atoms with van der Waals surface area (Å²) < 4.78 is 1.40. The van der Waals surface area contributed by atoms with E-state index in [1.165, 1.54) is 23.6 Å². The van der Waals surface area contributed by atoms with Gasteiger partial charge in [0.15, 0.2) is 0 Å². The maximum absolute atomic E-state index is 13.2. The molecule has 3 rings (SSSR count). The Bertz CT molecular complexity index is 1180. The van der Waals surface area contributed by atoms with Gasteiger partial charge in [0.2, 0.25) is 0 Å². The Hall–Kier alpha value is -2.87. The molecular weight excluding hydrogens is 463 g/mol. The third kappa shape index (κ3) is 5.07. The summed E-state index contributed by atoms with van der Waals surface area (Å²) >= 11 is 18.6. The summed E-state index contributed by atoms with van der Waals surface area (Å²) in [5, 5.41) is 5.84. The highest BCUT2D eigenvalue weighted by Crippen LogP contribution is 2.31. The van der Waals surface area contributed by atoms with Crippen LogP contribution in [0.2, 0.25) is 15.2 Å². The number of hydrogen-bond acceptors (Lipinski definition) is 4. The van der Waals surface area contributed by atoms with Crippen LogP contribution < -0.4 is 10.6 Å². The van der Waals surface area contributed by atoms with Crippen molar-refractivity contribution in [3.63, 3.8) is 0 Å². The van der Waals surface area contributed by atoms with Crippen molar-refractivity contribution in [2.45, 2.75) is 13.8 Å². The van der Waals surface area contributed by atoms with Gasteiger partial charge >= 0.3 is 0 Å². The number of halogens is 3. The van der Waals surface area contributed by atoms with Crippen LogP contribution in [0.4, 0.5) is 5.69 Å². The molecule has 31 heavy (non-hydrogen) atoms. The van der Waals surface area contributed by atoms with Gasteiger partial charge in [-0.1, -0.05) is 40.9 Å². The molecule has 0 saturated heterocycles. The first-order chi connectivity index (χ1) is 14.7. The average Bonchev–Trinajstić information content (AvgIpc) is 3.03. The number of Topliss-reactive ketones (excluding diaryl/α,β-unsaturated/α-hetero) is 1. The van der Waals surface area contributed by atoms with Crippen molar-refractivity contribution in [3.8, 4) is 5.82 Å². The molecule has 2 heterocycles. The van der Waals surface area contributed by atoms with Gasteiger partial charge in [0.25, 0.3) is 11.8 Å². The molecule has 160 valence electrons. The molecule has 0 radical (unpaired) electrons. The Morgan fingerprint density at radius 3 is 2.45 bits per heavy atom. The molecule has 10 heteroatoms. The molecule has 3 aromatic rings. The SMILES string of the molecule is CC(=O)CNC(=O)c1cc(Cl)cc(C)c1NC(=O)c1cc(Cl)c(Cl)n1-c1ccccn1. The van der Waals surface area contributed by atoms with Crippen LogP contribution in [0.1, 0.15) is 33.3 Å². The highest BCUT2D eigenvalue weighted by atomic mass is 35.5. The normalized spacial score (nSPS) is 10.6. The number of carbonyl (C=O) groups excluding carboxylic acids is 3. The summed E-state index contributed by atoms with van der Waals surface area (Å²) in [5.74, 6) is -0.926. The van der Waals surface area contributed by atoms with Gasteiger partial charge in [-0.25, -0.2) is 4.98 Å². The van der Waals surface area contributed by atoms with Crippen LogP contribution in [0.5, 0.6) is 0 Å². The molecule has 7 nitrogen and oxygen atoms in total. The van der Waals surface area contributed by atoms with Crippen LogP contribution in [0.25, 0.3) is 5.82 Å². The van der Waals surface area contributed by atoms with Crippen molar-refractivity contribution < 1.29 is 14.4 Å². The number of aromatic nitrogens is 2. The number of hydrogen-bond donors (Lipinski definition) is 2. The molecule has 0 unspecified atom stereocenters. The molecule has 0 atom stereocenters. The third-order valence-electron chi connectivity index (χ3n) is 4.29. The Morgan fingerprint density at radius 2 is 1.81 bits per heavy atom. The van der Waals surface area contributed by atoms with Crippen molar-refractivity contribution in [2.24, 2.45) is 0 Å². The van der Waals surface area contributed by atoms with Crippen molar-refractivity contribution >= 4 is 58.1 Å². The van der Waals surface area contributed by atoms with Gasteiger partial charge < -0.3 is 10.6 Å². The van der Waals surface area contributed by atoms with Gasteiger partial charge in [0.05, 0.1) is 22.8 Å². The molecule has 2 aromatic heterocycles. The molecule has 0 aliphatic carbocycles. The Balaban J connectivity index is 2.01. The molecule has 1 aromatic carbocycles. The fraction of sp³-hybridized carbons (Fsp3) is 0.143. The van der Waals surface area contributed by atoms with E-state index in [4.69, 9.17) is 34.8 Å². The van der Waals surface area contributed by atoms with E-state index in [0.717, 1.165) is 0 Å². The fourth-order valence-corrected chi connectivity index (χ4v) is 3.59. The number of amides is 2. The second-order valence-electron chi connectivity index (χ2n) is 6.68. The van der Waals surface area contributed by atoms with E-state index < -0.39 is 11.8 Å². The average molecular weight is 480 g/mol. The molecular formula is C21H17Cl3N4O3. The van der Waals surface area contributed by atoms with Gasteiger partial charge in [-0.2, -0.15) is 0 Å². The Kier molecular flexibility index (Phi) is 7.00. The molecule has 0 bridgehead atoms. The minimum absolute atomic E-state index is 0.118. The summed E-state index contributed by atoms with van der Waals surface area (Å²) in [6.07, 6.45) is 1.56. The monoisotopic (exact) mass is 478 g/mol. The zero-order valence-electron chi connectivity index (χ0n) is 16.5.